The molecule has 0 amide bonds. The summed E-state index contributed by atoms with van der Waals surface area (Å²) in [6, 6.07) is 32.8. The predicted octanol–water partition coefficient (Wildman–Crippen LogP) is 7.09. The van der Waals surface area contributed by atoms with Crippen LogP contribution >= 0.6 is 23.2 Å². The van der Waals surface area contributed by atoms with Crippen molar-refractivity contribution in [3.8, 4) is 0 Å². The van der Waals surface area contributed by atoms with Crippen molar-refractivity contribution in [2.24, 2.45) is 0 Å². The molecule has 0 bridgehead atoms. The van der Waals surface area contributed by atoms with Crippen LogP contribution in [0.1, 0.15) is 59.4 Å². The van der Waals surface area contributed by atoms with E-state index >= 15 is 0 Å². The highest BCUT2D eigenvalue weighted by Crippen LogP contribution is 2.19. The molecule has 0 saturated heterocycles. The summed E-state index contributed by atoms with van der Waals surface area (Å²) in [6.07, 6.45) is 1.49. The SMILES string of the molecule is CC(Cc1ccc(Cc2ccc(CC(C)NC[C@H](O)c3cccc(Cl)c3)cc2)cc1)NCC(O)c1cccc(Cl)c1. The molecule has 0 saturated carbocycles. The first-order valence-corrected chi connectivity index (χ1v) is 15.0. The molecular weight excluding hydrogens is 551 g/mol. The Kier molecular flexibility index (Phi) is 11.8. The molecule has 4 atom stereocenters. The molecule has 4 nitrogen and oxygen atoms in total. The maximum absolute atomic E-state index is 10.5. The van der Waals surface area contributed by atoms with Crippen LogP contribution in [0.3, 0.4) is 0 Å². The molecule has 3 unspecified atom stereocenters. The van der Waals surface area contributed by atoms with Gasteiger partial charge in [-0.2, -0.15) is 0 Å². The third-order valence-electron chi connectivity index (χ3n) is 7.32. The lowest BCUT2D eigenvalue weighted by Crippen LogP contribution is -2.32. The summed E-state index contributed by atoms with van der Waals surface area (Å²) in [7, 11) is 0. The lowest BCUT2D eigenvalue weighted by Gasteiger charge is -2.18. The number of hydrogen-bond donors (Lipinski definition) is 4. The van der Waals surface area contributed by atoms with Gasteiger partial charge in [-0.25, -0.2) is 0 Å². The van der Waals surface area contributed by atoms with Crippen molar-refractivity contribution in [3.05, 3.63) is 140 Å². The highest BCUT2D eigenvalue weighted by Gasteiger charge is 2.12. The standard InChI is InChI=1S/C35H40Cl2N2O2/c1-24(38-22-34(40)30-5-3-7-32(36)20-30)17-26-9-13-28(14-10-26)19-29-15-11-27(12-16-29)18-25(2)39-23-35(41)31-6-4-8-33(37)21-31/h3-16,20-21,24-25,34-35,38-41H,17-19,22-23H2,1-2H3/t24?,25?,34-,35?/m0/s1. The van der Waals surface area contributed by atoms with Crippen LogP contribution in [0, 0.1) is 0 Å². The maximum atomic E-state index is 10.5. The smallest absolute Gasteiger partial charge is 0.0914 e. The zero-order valence-electron chi connectivity index (χ0n) is 23.7. The summed E-state index contributed by atoms with van der Waals surface area (Å²) < 4.78 is 0. The lowest BCUT2D eigenvalue weighted by atomic mass is 9.99. The molecule has 0 fully saturated rings. The second-order valence-electron chi connectivity index (χ2n) is 11.0. The summed E-state index contributed by atoms with van der Waals surface area (Å²) in [6.45, 7) is 5.24. The fraction of sp³-hybridized carbons (Fsp3) is 0.314. The van der Waals surface area contributed by atoms with Crippen LogP contribution in [0.15, 0.2) is 97.1 Å². The van der Waals surface area contributed by atoms with Crippen molar-refractivity contribution in [2.75, 3.05) is 13.1 Å². The average Bonchev–Trinajstić information content (AvgIpc) is 2.96. The lowest BCUT2D eigenvalue weighted by molar-refractivity contribution is 0.170. The third-order valence-corrected chi connectivity index (χ3v) is 7.79. The molecule has 0 aliphatic carbocycles. The van der Waals surface area contributed by atoms with Gasteiger partial charge in [-0.3, -0.25) is 0 Å². The van der Waals surface area contributed by atoms with Gasteiger partial charge in [0.2, 0.25) is 0 Å². The van der Waals surface area contributed by atoms with E-state index in [-0.39, 0.29) is 12.1 Å². The van der Waals surface area contributed by atoms with E-state index in [4.69, 9.17) is 23.2 Å². The first-order chi connectivity index (χ1) is 19.7. The van der Waals surface area contributed by atoms with Gasteiger partial charge < -0.3 is 20.8 Å². The van der Waals surface area contributed by atoms with Gasteiger partial charge in [-0.05, 0) is 90.8 Å². The Balaban J connectivity index is 1.19. The Bertz CT molecular complexity index is 1260. The summed E-state index contributed by atoms with van der Waals surface area (Å²) in [5, 5.41) is 29.0. The molecule has 0 radical (unpaired) electrons. The fourth-order valence-corrected chi connectivity index (χ4v) is 5.36. The normalized spacial score (nSPS) is 14.4. The second-order valence-corrected chi connectivity index (χ2v) is 11.9. The quantitative estimate of drug-likeness (QED) is 0.126. The van der Waals surface area contributed by atoms with E-state index in [0.717, 1.165) is 30.4 Å². The first-order valence-electron chi connectivity index (χ1n) is 14.2. The van der Waals surface area contributed by atoms with Crippen molar-refractivity contribution >= 4 is 23.2 Å². The predicted molar refractivity (Wildman–Crippen MR) is 171 cm³/mol. The van der Waals surface area contributed by atoms with Gasteiger partial charge >= 0.3 is 0 Å². The topological polar surface area (TPSA) is 64.5 Å². The fourth-order valence-electron chi connectivity index (χ4n) is 4.96. The van der Waals surface area contributed by atoms with Gasteiger partial charge in [0, 0.05) is 35.2 Å². The van der Waals surface area contributed by atoms with Gasteiger partial charge in [0.1, 0.15) is 0 Å². The highest BCUT2D eigenvalue weighted by atomic mass is 35.5. The van der Waals surface area contributed by atoms with Crippen LogP contribution in [-0.2, 0) is 19.3 Å². The second kappa shape index (κ2) is 15.5. The molecule has 4 N–H and O–H groups in total. The average molecular weight is 592 g/mol. The van der Waals surface area contributed by atoms with Gasteiger partial charge in [-0.1, -0.05) is 96.0 Å². The van der Waals surface area contributed by atoms with Gasteiger partial charge in [-0.15, -0.1) is 0 Å². The summed E-state index contributed by atoms with van der Waals surface area (Å²) >= 11 is 12.1. The summed E-state index contributed by atoms with van der Waals surface area (Å²) in [4.78, 5) is 0. The summed E-state index contributed by atoms with van der Waals surface area (Å²) in [5.41, 5.74) is 6.75. The van der Waals surface area contributed by atoms with Crippen molar-refractivity contribution in [1.82, 2.24) is 10.6 Å². The minimum absolute atomic E-state index is 0.235. The molecule has 0 spiro atoms. The van der Waals surface area contributed by atoms with Gasteiger partial charge in [0.25, 0.3) is 0 Å². The van der Waals surface area contributed by atoms with Gasteiger partial charge in [0.05, 0.1) is 12.2 Å². The number of benzene rings is 4. The third kappa shape index (κ3) is 10.3. The zero-order valence-corrected chi connectivity index (χ0v) is 25.2. The molecule has 0 aliphatic heterocycles. The van der Waals surface area contributed by atoms with Crippen LogP contribution in [0.5, 0.6) is 0 Å². The highest BCUT2D eigenvalue weighted by molar-refractivity contribution is 6.30. The molecular formula is C35H40Cl2N2O2. The molecule has 4 aromatic rings. The monoisotopic (exact) mass is 590 g/mol. The van der Waals surface area contributed by atoms with E-state index in [0.29, 0.717) is 23.1 Å². The van der Waals surface area contributed by atoms with Gasteiger partial charge in [0.15, 0.2) is 0 Å². The number of halogens is 2. The summed E-state index contributed by atoms with van der Waals surface area (Å²) in [5.74, 6) is 0. The van der Waals surface area contributed by atoms with Crippen LogP contribution in [0.4, 0.5) is 0 Å². The number of rotatable bonds is 14. The van der Waals surface area contributed by atoms with Crippen LogP contribution in [-0.4, -0.2) is 35.4 Å². The molecule has 4 aromatic carbocycles. The van der Waals surface area contributed by atoms with E-state index in [9.17, 15) is 10.2 Å². The molecule has 41 heavy (non-hydrogen) atoms. The van der Waals surface area contributed by atoms with E-state index in [1.165, 1.54) is 22.3 Å². The molecule has 0 aliphatic rings. The maximum Gasteiger partial charge on any atom is 0.0914 e. The van der Waals surface area contributed by atoms with Crippen LogP contribution in [0.25, 0.3) is 0 Å². The molecule has 216 valence electrons. The Morgan fingerprint density at radius 1 is 0.561 bits per heavy atom. The Labute approximate surface area is 254 Å². The Morgan fingerprint density at radius 3 is 1.29 bits per heavy atom. The largest absolute Gasteiger partial charge is 0.387 e. The first kappa shape index (κ1) is 31.2. The molecule has 4 rings (SSSR count). The minimum atomic E-state index is -0.586. The number of aliphatic hydroxyl groups is 2. The number of nitrogens with one attached hydrogen (secondary N) is 2. The molecule has 6 heteroatoms. The van der Waals surface area contributed by atoms with E-state index in [2.05, 4.69) is 73.0 Å². The van der Waals surface area contributed by atoms with Crippen molar-refractivity contribution < 1.29 is 10.2 Å². The zero-order chi connectivity index (χ0) is 29.2. The van der Waals surface area contributed by atoms with E-state index in [1.807, 2.05) is 36.4 Å². The van der Waals surface area contributed by atoms with Crippen LogP contribution in [0.2, 0.25) is 10.0 Å². The minimum Gasteiger partial charge on any atom is -0.387 e. The van der Waals surface area contributed by atoms with Crippen molar-refractivity contribution in [3.63, 3.8) is 0 Å². The van der Waals surface area contributed by atoms with E-state index < -0.39 is 12.2 Å². The Hall–Kier alpha value is -2.70. The van der Waals surface area contributed by atoms with Crippen molar-refractivity contribution in [2.45, 2.75) is 57.4 Å². The van der Waals surface area contributed by atoms with Crippen molar-refractivity contribution in [1.29, 1.82) is 0 Å². The molecule has 0 heterocycles. The van der Waals surface area contributed by atoms with E-state index in [1.54, 1.807) is 12.1 Å². The molecule has 0 aromatic heterocycles. The Morgan fingerprint density at radius 2 is 0.927 bits per heavy atom. The number of hydrogen-bond acceptors (Lipinski definition) is 4. The van der Waals surface area contributed by atoms with Crippen LogP contribution < -0.4 is 10.6 Å². The number of aliphatic hydroxyl groups excluding tert-OH is 2.